The molecule has 16 heavy (non-hydrogen) atoms. The third-order valence-electron chi connectivity index (χ3n) is 2.65. The maximum Gasteiger partial charge on any atom is 0.0392 e. The molecule has 0 amide bonds. The Morgan fingerprint density at radius 3 is 2.19 bits per heavy atom. The summed E-state index contributed by atoms with van der Waals surface area (Å²) in [6, 6.07) is 0. The van der Waals surface area contributed by atoms with Gasteiger partial charge in [0.1, 0.15) is 0 Å². The van der Waals surface area contributed by atoms with Crippen LogP contribution in [0.5, 0.6) is 0 Å². The number of allylic oxidation sites excluding steroid dienone is 2. The minimum atomic E-state index is 1.02. The highest BCUT2D eigenvalue weighted by atomic mass is 14.7. The summed E-state index contributed by atoms with van der Waals surface area (Å²) in [4.78, 5) is 4.50. The second kappa shape index (κ2) is 12.5. The molecule has 0 heterocycles. The summed E-state index contributed by atoms with van der Waals surface area (Å²) < 4.78 is 0. The van der Waals surface area contributed by atoms with Gasteiger partial charge in [-0.15, -0.1) is 0 Å². The van der Waals surface area contributed by atoms with Crippen molar-refractivity contribution in [2.75, 3.05) is 6.54 Å². The number of aliphatic imine (C=N–C) groups is 1. The minimum Gasteiger partial charge on any atom is -0.290 e. The second-order valence-electron chi connectivity index (χ2n) is 4.37. The molecule has 0 N–H and O–H groups in total. The van der Waals surface area contributed by atoms with Gasteiger partial charge in [0.05, 0.1) is 0 Å². The van der Waals surface area contributed by atoms with Crippen LogP contribution in [0.2, 0.25) is 0 Å². The largest absolute Gasteiger partial charge is 0.290 e. The van der Waals surface area contributed by atoms with Gasteiger partial charge in [0.2, 0.25) is 0 Å². The maximum atomic E-state index is 4.50. The average Bonchev–Trinajstić information content (AvgIpc) is 2.33. The zero-order chi connectivity index (χ0) is 12.1. The van der Waals surface area contributed by atoms with Crippen LogP contribution in [0.25, 0.3) is 0 Å². The number of nitrogens with zero attached hydrogens (tertiary/aromatic N) is 1. The zero-order valence-electron chi connectivity index (χ0n) is 11.5. The van der Waals surface area contributed by atoms with Gasteiger partial charge in [0.25, 0.3) is 0 Å². The van der Waals surface area contributed by atoms with Crippen LogP contribution in [0.3, 0.4) is 0 Å². The van der Waals surface area contributed by atoms with Crippen molar-refractivity contribution >= 4 is 5.71 Å². The SMILES string of the molecule is CCCCC.CCCCN=C1C=CCCC1. The summed E-state index contributed by atoms with van der Waals surface area (Å²) in [5.74, 6) is 0. The van der Waals surface area contributed by atoms with E-state index in [0.717, 1.165) is 6.54 Å². The first-order valence-corrected chi connectivity index (χ1v) is 7.04. The average molecular weight is 223 g/mol. The van der Waals surface area contributed by atoms with E-state index in [1.165, 1.54) is 57.1 Å². The molecule has 0 spiro atoms. The highest BCUT2D eigenvalue weighted by molar-refractivity contribution is 5.95. The van der Waals surface area contributed by atoms with Crippen molar-refractivity contribution in [2.45, 2.75) is 72.1 Å². The standard InChI is InChI=1S/C10H17N.C5H12/c1-2-3-9-11-10-7-5-4-6-8-10;1-3-5-4-2/h5,7H,2-4,6,8-9H2,1H3;3-5H2,1-2H3. The zero-order valence-corrected chi connectivity index (χ0v) is 11.5. The molecule has 94 valence electrons. The van der Waals surface area contributed by atoms with Crippen molar-refractivity contribution < 1.29 is 0 Å². The van der Waals surface area contributed by atoms with Crippen LogP contribution in [0.4, 0.5) is 0 Å². The van der Waals surface area contributed by atoms with Crippen molar-refractivity contribution in [1.82, 2.24) is 0 Å². The molecule has 1 aliphatic rings. The first-order chi connectivity index (χ1) is 7.85. The smallest absolute Gasteiger partial charge is 0.0392 e. The second-order valence-corrected chi connectivity index (χ2v) is 4.37. The lowest BCUT2D eigenvalue weighted by molar-refractivity contribution is 0.772. The van der Waals surface area contributed by atoms with Gasteiger partial charge in [-0.25, -0.2) is 0 Å². The molecular weight excluding hydrogens is 194 g/mol. The molecule has 0 aromatic carbocycles. The van der Waals surface area contributed by atoms with E-state index in [1.54, 1.807) is 0 Å². The van der Waals surface area contributed by atoms with E-state index >= 15 is 0 Å². The van der Waals surface area contributed by atoms with E-state index < -0.39 is 0 Å². The molecule has 0 saturated carbocycles. The van der Waals surface area contributed by atoms with Gasteiger partial charge in [-0.3, -0.25) is 4.99 Å². The van der Waals surface area contributed by atoms with Crippen molar-refractivity contribution in [2.24, 2.45) is 4.99 Å². The predicted octanol–water partition coefficient (Wildman–Crippen LogP) is 5.16. The van der Waals surface area contributed by atoms with Crippen LogP contribution in [-0.2, 0) is 0 Å². The van der Waals surface area contributed by atoms with Crippen molar-refractivity contribution in [3.63, 3.8) is 0 Å². The Bertz CT molecular complexity index is 190. The van der Waals surface area contributed by atoms with E-state index in [2.05, 4.69) is 37.9 Å². The summed E-state index contributed by atoms with van der Waals surface area (Å²) in [5, 5.41) is 0. The van der Waals surface area contributed by atoms with Crippen LogP contribution in [0.15, 0.2) is 17.1 Å². The van der Waals surface area contributed by atoms with Crippen LogP contribution in [0.1, 0.15) is 72.1 Å². The quantitative estimate of drug-likeness (QED) is 0.571. The summed E-state index contributed by atoms with van der Waals surface area (Å²) in [5.41, 5.74) is 1.31. The lowest BCUT2D eigenvalue weighted by Crippen LogP contribution is -1.99. The normalized spacial score (nSPS) is 17.1. The van der Waals surface area contributed by atoms with Crippen LogP contribution in [-0.4, -0.2) is 12.3 Å². The Hall–Kier alpha value is -0.590. The van der Waals surface area contributed by atoms with Gasteiger partial charge in [0.15, 0.2) is 0 Å². The number of unbranched alkanes of at least 4 members (excludes halogenated alkanes) is 3. The Morgan fingerprint density at radius 2 is 1.75 bits per heavy atom. The van der Waals surface area contributed by atoms with Crippen LogP contribution < -0.4 is 0 Å². The van der Waals surface area contributed by atoms with E-state index in [1.807, 2.05) is 0 Å². The molecule has 1 nitrogen and oxygen atoms in total. The Kier molecular flexibility index (Phi) is 12.0. The van der Waals surface area contributed by atoms with E-state index in [4.69, 9.17) is 0 Å². The van der Waals surface area contributed by atoms with E-state index in [9.17, 15) is 0 Å². The van der Waals surface area contributed by atoms with Gasteiger partial charge < -0.3 is 0 Å². The van der Waals surface area contributed by atoms with Gasteiger partial charge in [-0.2, -0.15) is 0 Å². The Balaban J connectivity index is 0.000000385. The fraction of sp³-hybridized carbons (Fsp3) is 0.800. The van der Waals surface area contributed by atoms with E-state index in [-0.39, 0.29) is 0 Å². The lowest BCUT2D eigenvalue weighted by Gasteiger charge is -2.05. The fourth-order valence-electron chi connectivity index (χ4n) is 1.57. The molecule has 0 atom stereocenters. The molecule has 1 heteroatoms. The molecule has 0 aliphatic heterocycles. The monoisotopic (exact) mass is 223 g/mol. The molecule has 0 bridgehead atoms. The highest BCUT2D eigenvalue weighted by Gasteiger charge is 1.98. The minimum absolute atomic E-state index is 1.02. The van der Waals surface area contributed by atoms with Crippen molar-refractivity contribution in [1.29, 1.82) is 0 Å². The third-order valence-corrected chi connectivity index (χ3v) is 2.65. The molecule has 0 fully saturated rings. The van der Waals surface area contributed by atoms with Gasteiger partial charge in [-0.1, -0.05) is 52.5 Å². The number of hydrogen-bond donors (Lipinski definition) is 0. The first-order valence-electron chi connectivity index (χ1n) is 7.04. The molecule has 0 aromatic rings. The first kappa shape index (κ1) is 15.4. The molecule has 0 aromatic heterocycles. The molecule has 0 saturated heterocycles. The fourth-order valence-corrected chi connectivity index (χ4v) is 1.57. The van der Waals surface area contributed by atoms with Crippen LogP contribution >= 0.6 is 0 Å². The summed E-state index contributed by atoms with van der Waals surface area (Å²) in [7, 11) is 0. The van der Waals surface area contributed by atoms with Gasteiger partial charge >= 0.3 is 0 Å². The van der Waals surface area contributed by atoms with Crippen molar-refractivity contribution in [3.05, 3.63) is 12.2 Å². The highest BCUT2D eigenvalue weighted by Crippen LogP contribution is 2.07. The Morgan fingerprint density at radius 1 is 1.06 bits per heavy atom. The van der Waals surface area contributed by atoms with Crippen molar-refractivity contribution in [3.8, 4) is 0 Å². The Labute approximate surface area is 102 Å². The lowest BCUT2D eigenvalue weighted by atomic mass is 10.1. The molecule has 1 aliphatic carbocycles. The van der Waals surface area contributed by atoms with Gasteiger partial charge in [-0.05, 0) is 31.8 Å². The molecular formula is C15H29N. The molecule has 1 rings (SSSR count). The molecule has 0 unspecified atom stereocenters. The maximum absolute atomic E-state index is 4.50. The summed E-state index contributed by atoms with van der Waals surface area (Å²) >= 11 is 0. The summed E-state index contributed by atoms with van der Waals surface area (Å²) in [6.45, 7) is 7.65. The molecule has 0 radical (unpaired) electrons. The van der Waals surface area contributed by atoms with Crippen LogP contribution in [0, 0.1) is 0 Å². The third kappa shape index (κ3) is 9.95. The van der Waals surface area contributed by atoms with E-state index in [0.29, 0.717) is 0 Å². The summed E-state index contributed by atoms with van der Waals surface area (Å²) in [6.07, 6.45) is 14.7. The predicted molar refractivity (Wildman–Crippen MR) is 75.4 cm³/mol. The number of hydrogen-bond acceptors (Lipinski definition) is 1. The van der Waals surface area contributed by atoms with Gasteiger partial charge in [0, 0.05) is 12.3 Å². The topological polar surface area (TPSA) is 12.4 Å². The number of rotatable bonds is 5.